The maximum absolute atomic E-state index is 6.00. The van der Waals surface area contributed by atoms with E-state index in [1.165, 1.54) is 5.69 Å². The van der Waals surface area contributed by atoms with Crippen molar-refractivity contribution in [2.45, 2.75) is 25.3 Å². The van der Waals surface area contributed by atoms with Gasteiger partial charge in [0.25, 0.3) is 0 Å². The SMILES string of the molecule is NC1CCc2nc(-c3cnn4ccccc34)[nH]c2C1. The smallest absolute Gasteiger partial charge is 0.141 e. The van der Waals surface area contributed by atoms with Crippen LogP contribution in [-0.2, 0) is 12.8 Å². The first-order valence-electron chi connectivity index (χ1n) is 6.57. The number of aryl methyl sites for hydroxylation is 1. The fraction of sp³-hybridized carbons (Fsp3) is 0.286. The Bertz CT molecular complexity index is 739. The molecule has 0 aliphatic heterocycles. The van der Waals surface area contributed by atoms with E-state index in [0.29, 0.717) is 0 Å². The number of fused-ring (bicyclic) bond motifs is 2. The van der Waals surface area contributed by atoms with Crippen molar-refractivity contribution < 1.29 is 0 Å². The quantitative estimate of drug-likeness (QED) is 0.691. The Morgan fingerprint density at radius 1 is 1.37 bits per heavy atom. The van der Waals surface area contributed by atoms with Crippen LogP contribution in [0.25, 0.3) is 16.9 Å². The Hall–Kier alpha value is -2.14. The predicted octanol–water partition coefficient (Wildman–Crippen LogP) is 1.54. The maximum atomic E-state index is 6.00. The summed E-state index contributed by atoms with van der Waals surface area (Å²) in [5.41, 5.74) is 10.5. The summed E-state index contributed by atoms with van der Waals surface area (Å²) in [5.74, 6) is 0.903. The first-order chi connectivity index (χ1) is 9.31. The molecule has 5 heteroatoms. The first kappa shape index (κ1) is 10.8. The molecule has 1 aliphatic carbocycles. The number of hydrogen-bond donors (Lipinski definition) is 2. The predicted molar refractivity (Wildman–Crippen MR) is 72.8 cm³/mol. The summed E-state index contributed by atoms with van der Waals surface area (Å²) in [5, 5.41) is 4.35. The highest BCUT2D eigenvalue weighted by Gasteiger charge is 2.21. The number of nitrogens with one attached hydrogen (secondary N) is 1. The van der Waals surface area contributed by atoms with E-state index in [2.05, 4.69) is 16.1 Å². The number of imidazole rings is 1. The van der Waals surface area contributed by atoms with Crippen LogP contribution in [0.15, 0.2) is 30.6 Å². The second-order valence-corrected chi connectivity index (χ2v) is 5.10. The van der Waals surface area contributed by atoms with Crippen molar-refractivity contribution in [2.75, 3.05) is 0 Å². The van der Waals surface area contributed by atoms with Crippen molar-refractivity contribution in [3.63, 3.8) is 0 Å². The lowest BCUT2D eigenvalue weighted by atomic mass is 9.97. The van der Waals surface area contributed by atoms with Crippen LogP contribution in [0.2, 0.25) is 0 Å². The lowest BCUT2D eigenvalue weighted by Gasteiger charge is -2.15. The number of aromatic nitrogens is 4. The molecule has 0 saturated carbocycles. The van der Waals surface area contributed by atoms with Crippen LogP contribution >= 0.6 is 0 Å². The summed E-state index contributed by atoms with van der Waals surface area (Å²) in [6.07, 6.45) is 6.68. The van der Waals surface area contributed by atoms with E-state index < -0.39 is 0 Å². The third kappa shape index (κ3) is 1.66. The highest BCUT2D eigenvalue weighted by molar-refractivity contribution is 5.75. The van der Waals surface area contributed by atoms with E-state index >= 15 is 0 Å². The Labute approximate surface area is 110 Å². The lowest BCUT2D eigenvalue weighted by Crippen LogP contribution is -2.27. The molecule has 1 aliphatic rings. The van der Waals surface area contributed by atoms with Gasteiger partial charge in [0.15, 0.2) is 0 Å². The molecule has 0 fully saturated rings. The monoisotopic (exact) mass is 253 g/mol. The van der Waals surface area contributed by atoms with Gasteiger partial charge in [-0.3, -0.25) is 0 Å². The normalized spacial score (nSPS) is 18.7. The molecule has 0 spiro atoms. The van der Waals surface area contributed by atoms with Gasteiger partial charge in [-0.05, 0) is 25.0 Å². The van der Waals surface area contributed by atoms with Gasteiger partial charge < -0.3 is 10.7 Å². The standard InChI is InChI=1S/C14H15N5/c15-9-4-5-11-12(7-9)18-14(17-11)10-8-16-19-6-2-1-3-13(10)19/h1-3,6,8-9H,4-5,7,15H2,(H,17,18). The molecule has 3 heterocycles. The number of rotatable bonds is 1. The van der Waals surface area contributed by atoms with Gasteiger partial charge in [0, 0.05) is 24.4 Å². The number of hydrogen-bond acceptors (Lipinski definition) is 3. The summed E-state index contributed by atoms with van der Waals surface area (Å²) < 4.78 is 1.86. The highest BCUT2D eigenvalue weighted by atomic mass is 15.2. The van der Waals surface area contributed by atoms with Gasteiger partial charge in [0.2, 0.25) is 0 Å². The van der Waals surface area contributed by atoms with Gasteiger partial charge in [0.05, 0.1) is 23.0 Å². The Morgan fingerprint density at radius 2 is 2.32 bits per heavy atom. The van der Waals surface area contributed by atoms with Crippen LogP contribution < -0.4 is 5.73 Å². The number of H-pyrrole nitrogens is 1. The zero-order chi connectivity index (χ0) is 12.8. The van der Waals surface area contributed by atoms with Gasteiger partial charge >= 0.3 is 0 Å². The number of nitrogens with zero attached hydrogens (tertiary/aromatic N) is 3. The first-order valence-corrected chi connectivity index (χ1v) is 6.57. The van der Waals surface area contributed by atoms with Crippen LogP contribution in [0.1, 0.15) is 17.8 Å². The molecule has 3 N–H and O–H groups in total. The zero-order valence-corrected chi connectivity index (χ0v) is 10.5. The highest BCUT2D eigenvalue weighted by Crippen LogP contribution is 2.26. The Kier molecular flexibility index (Phi) is 2.22. The largest absolute Gasteiger partial charge is 0.341 e. The third-order valence-corrected chi connectivity index (χ3v) is 3.76. The van der Waals surface area contributed by atoms with Crippen LogP contribution in [0, 0.1) is 0 Å². The fourth-order valence-electron chi connectivity index (χ4n) is 2.75. The third-order valence-electron chi connectivity index (χ3n) is 3.76. The van der Waals surface area contributed by atoms with Crippen molar-refractivity contribution >= 4 is 5.52 Å². The molecule has 3 aromatic heterocycles. The lowest BCUT2D eigenvalue weighted by molar-refractivity contribution is 0.565. The zero-order valence-electron chi connectivity index (χ0n) is 10.5. The van der Waals surface area contributed by atoms with E-state index in [1.54, 1.807) is 0 Å². The number of aromatic amines is 1. The summed E-state index contributed by atoms with van der Waals surface area (Å²) in [6.45, 7) is 0. The minimum absolute atomic E-state index is 0.254. The van der Waals surface area contributed by atoms with Gasteiger partial charge in [0.1, 0.15) is 5.82 Å². The summed E-state index contributed by atoms with van der Waals surface area (Å²) in [7, 11) is 0. The molecule has 0 amide bonds. The van der Waals surface area contributed by atoms with Crippen molar-refractivity contribution in [3.05, 3.63) is 42.0 Å². The topological polar surface area (TPSA) is 72.0 Å². The Morgan fingerprint density at radius 3 is 3.26 bits per heavy atom. The van der Waals surface area contributed by atoms with Gasteiger partial charge in [-0.25, -0.2) is 9.50 Å². The van der Waals surface area contributed by atoms with E-state index in [1.807, 2.05) is 29.0 Å². The van der Waals surface area contributed by atoms with Crippen molar-refractivity contribution in [1.29, 1.82) is 0 Å². The second kappa shape index (κ2) is 3.93. The molecule has 0 radical (unpaired) electrons. The summed E-state index contributed by atoms with van der Waals surface area (Å²) >= 11 is 0. The molecule has 4 rings (SSSR count). The van der Waals surface area contributed by atoms with E-state index in [9.17, 15) is 0 Å². The molecule has 5 nitrogen and oxygen atoms in total. The number of pyridine rings is 1. The second-order valence-electron chi connectivity index (χ2n) is 5.10. The van der Waals surface area contributed by atoms with E-state index in [4.69, 9.17) is 10.7 Å². The minimum Gasteiger partial charge on any atom is -0.341 e. The van der Waals surface area contributed by atoms with E-state index in [0.717, 1.165) is 41.9 Å². The molecule has 0 aromatic carbocycles. The molecule has 3 aromatic rings. The van der Waals surface area contributed by atoms with Crippen LogP contribution in [0.4, 0.5) is 0 Å². The average molecular weight is 253 g/mol. The molecular weight excluding hydrogens is 238 g/mol. The van der Waals surface area contributed by atoms with Gasteiger partial charge in [-0.2, -0.15) is 5.10 Å². The molecule has 1 unspecified atom stereocenters. The van der Waals surface area contributed by atoms with Crippen molar-refractivity contribution in [1.82, 2.24) is 19.6 Å². The van der Waals surface area contributed by atoms with Gasteiger partial charge in [-0.15, -0.1) is 0 Å². The summed E-state index contributed by atoms with van der Waals surface area (Å²) in [6, 6.07) is 6.29. The average Bonchev–Trinajstić information content (AvgIpc) is 3.00. The van der Waals surface area contributed by atoms with Crippen molar-refractivity contribution in [2.24, 2.45) is 5.73 Å². The molecule has 0 saturated heterocycles. The maximum Gasteiger partial charge on any atom is 0.141 e. The minimum atomic E-state index is 0.254. The van der Waals surface area contributed by atoms with Crippen molar-refractivity contribution in [3.8, 4) is 11.4 Å². The molecule has 19 heavy (non-hydrogen) atoms. The molecular formula is C14H15N5. The Balaban J connectivity index is 1.84. The van der Waals surface area contributed by atoms with Crippen LogP contribution in [0.5, 0.6) is 0 Å². The van der Waals surface area contributed by atoms with Crippen LogP contribution in [-0.4, -0.2) is 25.6 Å². The van der Waals surface area contributed by atoms with E-state index in [-0.39, 0.29) is 6.04 Å². The summed E-state index contributed by atoms with van der Waals surface area (Å²) in [4.78, 5) is 8.13. The van der Waals surface area contributed by atoms with Gasteiger partial charge in [-0.1, -0.05) is 6.07 Å². The number of nitrogens with two attached hydrogens (primary N) is 1. The fourth-order valence-corrected chi connectivity index (χ4v) is 2.75. The molecule has 0 bridgehead atoms. The molecule has 1 atom stereocenters. The van der Waals surface area contributed by atoms with Crippen LogP contribution in [0.3, 0.4) is 0 Å². The molecule has 96 valence electrons.